The summed E-state index contributed by atoms with van der Waals surface area (Å²) in [6, 6.07) is 24.1. The molecule has 0 aliphatic rings. The Morgan fingerprint density at radius 2 is 1.57 bits per heavy atom. The van der Waals surface area contributed by atoms with Gasteiger partial charge in [-0.05, 0) is 48.4 Å². The van der Waals surface area contributed by atoms with Gasteiger partial charge in [-0.15, -0.1) is 0 Å². The van der Waals surface area contributed by atoms with Crippen molar-refractivity contribution >= 4 is 23.2 Å². The number of benzene rings is 3. The molecule has 3 N–H and O–H groups in total. The van der Waals surface area contributed by atoms with E-state index in [9.17, 15) is 9.59 Å². The Labute approximate surface area is 176 Å². The van der Waals surface area contributed by atoms with Crippen molar-refractivity contribution in [3.05, 3.63) is 90.0 Å². The number of carbonyl (C=O) groups excluding carboxylic acids is 2. The molecule has 0 saturated carbocycles. The van der Waals surface area contributed by atoms with Gasteiger partial charge in [0.15, 0.2) is 0 Å². The van der Waals surface area contributed by atoms with Crippen LogP contribution in [0.4, 0.5) is 11.4 Å². The molecule has 0 aliphatic heterocycles. The summed E-state index contributed by atoms with van der Waals surface area (Å²) in [5, 5.41) is 8.79. The van der Waals surface area contributed by atoms with Crippen molar-refractivity contribution in [2.24, 2.45) is 0 Å². The van der Waals surface area contributed by atoms with Crippen LogP contribution in [0.25, 0.3) is 0 Å². The fourth-order valence-corrected chi connectivity index (χ4v) is 2.95. The molecule has 30 heavy (non-hydrogen) atoms. The molecule has 3 rings (SSSR count). The molecular formula is C24H25N3O3. The van der Waals surface area contributed by atoms with Crippen molar-refractivity contribution in [1.82, 2.24) is 5.32 Å². The predicted molar refractivity (Wildman–Crippen MR) is 119 cm³/mol. The first-order valence-electron chi connectivity index (χ1n) is 9.74. The average molecular weight is 403 g/mol. The van der Waals surface area contributed by atoms with Crippen LogP contribution in [0.1, 0.15) is 15.9 Å². The molecule has 3 aromatic carbocycles. The number of rotatable bonds is 9. The van der Waals surface area contributed by atoms with Crippen LogP contribution in [0, 0.1) is 0 Å². The van der Waals surface area contributed by atoms with Crippen LogP contribution >= 0.6 is 0 Å². The molecule has 0 saturated heterocycles. The number of hydrogen-bond acceptors (Lipinski definition) is 4. The van der Waals surface area contributed by atoms with Crippen molar-refractivity contribution in [1.29, 1.82) is 0 Å². The molecule has 0 atom stereocenters. The molecule has 6 heteroatoms. The fraction of sp³-hybridized carbons (Fsp3) is 0.167. The van der Waals surface area contributed by atoms with Gasteiger partial charge in [0.2, 0.25) is 5.91 Å². The maximum Gasteiger partial charge on any atom is 0.253 e. The number of anilines is 2. The second-order valence-electron chi connectivity index (χ2n) is 6.67. The first kappa shape index (κ1) is 20.9. The predicted octanol–water partition coefficient (Wildman–Crippen LogP) is 3.72. The van der Waals surface area contributed by atoms with Crippen molar-refractivity contribution in [3.8, 4) is 5.75 Å². The highest BCUT2D eigenvalue weighted by molar-refractivity contribution is 6.00. The van der Waals surface area contributed by atoms with Crippen LogP contribution in [-0.2, 0) is 11.2 Å². The zero-order valence-electron chi connectivity index (χ0n) is 16.9. The Morgan fingerprint density at radius 1 is 0.867 bits per heavy atom. The van der Waals surface area contributed by atoms with Crippen LogP contribution in [0.3, 0.4) is 0 Å². The van der Waals surface area contributed by atoms with Gasteiger partial charge < -0.3 is 20.7 Å². The summed E-state index contributed by atoms with van der Waals surface area (Å²) in [4.78, 5) is 24.8. The summed E-state index contributed by atoms with van der Waals surface area (Å²) in [5.74, 6) is 0.435. The van der Waals surface area contributed by atoms with E-state index >= 15 is 0 Å². The molecule has 0 spiro atoms. The summed E-state index contributed by atoms with van der Waals surface area (Å²) in [5.41, 5.74) is 2.95. The van der Waals surface area contributed by atoms with Crippen LogP contribution in [-0.4, -0.2) is 32.0 Å². The standard InChI is InChI=1S/C24H25N3O3/c1-30-20-13-11-18(12-14-20)15-16-25-24(29)21-9-5-6-10-22(21)26-17-23(28)27-19-7-3-2-4-8-19/h2-14,26H,15-17H2,1H3,(H,25,29)(H,27,28). The van der Waals surface area contributed by atoms with E-state index in [4.69, 9.17) is 4.74 Å². The summed E-state index contributed by atoms with van der Waals surface area (Å²) in [6.07, 6.45) is 0.713. The minimum absolute atomic E-state index is 0.0606. The lowest BCUT2D eigenvalue weighted by atomic mass is 10.1. The van der Waals surface area contributed by atoms with Gasteiger partial charge in [0.1, 0.15) is 5.75 Å². The topological polar surface area (TPSA) is 79.5 Å². The van der Waals surface area contributed by atoms with Crippen molar-refractivity contribution < 1.29 is 14.3 Å². The minimum Gasteiger partial charge on any atom is -0.497 e. The first-order chi connectivity index (χ1) is 14.7. The first-order valence-corrected chi connectivity index (χ1v) is 9.74. The van der Waals surface area contributed by atoms with Crippen LogP contribution < -0.4 is 20.7 Å². The third kappa shape index (κ3) is 6.10. The number of carbonyl (C=O) groups is 2. The lowest BCUT2D eigenvalue weighted by Crippen LogP contribution is -2.28. The fourth-order valence-electron chi connectivity index (χ4n) is 2.95. The van der Waals surface area contributed by atoms with Gasteiger partial charge in [-0.25, -0.2) is 0 Å². The van der Waals surface area contributed by atoms with Gasteiger partial charge in [-0.2, -0.15) is 0 Å². The lowest BCUT2D eigenvalue weighted by Gasteiger charge is -2.12. The lowest BCUT2D eigenvalue weighted by molar-refractivity contribution is -0.114. The zero-order valence-corrected chi connectivity index (χ0v) is 16.9. The Morgan fingerprint density at radius 3 is 2.30 bits per heavy atom. The van der Waals surface area contributed by atoms with E-state index < -0.39 is 0 Å². The molecule has 0 aromatic heterocycles. The molecular weight excluding hydrogens is 378 g/mol. The summed E-state index contributed by atoms with van der Waals surface area (Å²) >= 11 is 0. The highest BCUT2D eigenvalue weighted by Gasteiger charge is 2.11. The molecule has 6 nitrogen and oxygen atoms in total. The van der Waals surface area contributed by atoms with Crippen LogP contribution in [0.5, 0.6) is 5.75 Å². The largest absolute Gasteiger partial charge is 0.497 e. The minimum atomic E-state index is -0.185. The van der Waals surface area contributed by atoms with Gasteiger partial charge in [0, 0.05) is 17.9 Å². The zero-order chi connectivity index (χ0) is 21.2. The van der Waals surface area contributed by atoms with E-state index in [1.807, 2.05) is 60.7 Å². The van der Waals surface area contributed by atoms with Gasteiger partial charge in [0.05, 0.1) is 19.2 Å². The van der Waals surface area contributed by atoms with Crippen molar-refractivity contribution in [3.63, 3.8) is 0 Å². The highest BCUT2D eigenvalue weighted by Crippen LogP contribution is 2.15. The van der Waals surface area contributed by atoms with Gasteiger partial charge in [-0.1, -0.05) is 42.5 Å². The number of ether oxygens (including phenoxy) is 1. The van der Waals surface area contributed by atoms with E-state index in [1.54, 1.807) is 25.3 Å². The smallest absolute Gasteiger partial charge is 0.253 e. The Hall–Kier alpha value is -3.80. The summed E-state index contributed by atoms with van der Waals surface area (Å²) in [6.45, 7) is 0.568. The summed E-state index contributed by atoms with van der Waals surface area (Å²) < 4.78 is 5.15. The molecule has 0 unspecified atom stereocenters. The maximum absolute atomic E-state index is 12.6. The number of nitrogens with one attached hydrogen (secondary N) is 3. The Kier molecular flexibility index (Phi) is 7.44. The van der Waals surface area contributed by atoms with E-state index in [0.29, 0.717) is 24.2 Å². The molecule has 0 heterocycles. The number of methoxy groups -OCH3 is 1. The Balaban J connectivity index is 1.51. The second-order valence-corrected chi connectivity index (χ2v) is 6.67. The monoisotopic (exact) mass is 403 g/mol. The molecule has 0 aliphatic carbocycles. The quantitative estimate of drug-likeness (QED) is 0.509. The van der Waals surface area contributed by atoms with E-state index in [2.05, 4.69) is 16.0 Å². The number of hydrogen-bond donors (Lipinski definition) is 3. The van der Waals surface area contributed by atoms with E-state index in [-0.39, 0.29) is 18.4 Å². The molecule has 2 amide bonds. The third-order valence-corrected chi connectivity index (χ3v) is 4.53. The van der Waals surface area contributed by atoms with Crippen LogP contribution in [0.15, 0.2) is 78.9 Å². The van der Waals surface area contributed by atoms with Gasteiger partial charge in [0.25, 0.3) is 5.91 Å². The maximum atomic E-state index is 12.6. The molecule has 0 radical (unpaired) electrons. The van der Waals surface area contributed by atoms with Crippen LogP contribution in [0.2, 0.25) is 0 Å². The molecule has 0 bridgehead atoms. The highest BCUT2D eigenvalue weighted by atomic mass is 16.5. The number of amides is 2. The SMILES string of the molecule is COc1ccc(CCNC(=O)c2ccccc2NCC(=O)Nc2ccccc2)cc1. The number of para-hydroxylation sites is 2. The van der Waals surface area contributed by atoms with Crippen molar-refractivity contribution in [2.75, 3.05) is 30.8 Å². The second kappa shape index (κ2) is 10.7. The molecule has 3 aromatic rings. The molecule has 154 valence electrons. The molecule has 0 fully saturated rings. The van der Waals surface area contributed by atoms with Gasteiger partial charge in [-0.3, -0.25) is 9.59 Å². The normalized spacial score (nSPS) is 10.2. The average Bonchev–Trinajstić information content (AvgIpc) is 2.79. The van der Waals surface area contributed by atoms with E-state index in [1.165, 1.54) is 0 Å². The van der Waals surface area contributed by atoms with Gasteiger partial charge >= 0.3 is 0 Å². The summed E-state index contributed by atoms with van der Waals surface area (Å²) in [7, 11) is 1.63. The Bertz CT molecular complexity index is 973. The van der Waals surface area contributed by atoms with Crippen molar-refractivity contribution in [2.45, 2.75) is 6.42 Å². The van der Waals surface area contributed by atoms with E-state index in [0.717, 1.165) is 17.0 Å². The third-order valence-electron chi connectivity index (χ3n) is 4.53.